The molecule has 0 aliphatic heterocycles. The molecule has 0 fully saturated rings. The average Bonchev–Trinajstić information content (AvgIpc) is 2.45. The van der Waals surface area contributed by atoms with Gasteiger partial charge in [0.15, 0.2) is 0 Å². The number of nitriles is 1. The molecule has 6 heteroatoms. The zero-order valence-electron chi connectivity index (χ0n) is 10.2. The highest BCUT2D eigenvalue weighted by Gasteiger charge is 2.09. The topological polar surface area (TPSA) is 83.2 Å². The minimum Gasteiger partial charge on any atom is -0.486 e. The summed E-state index contributed by atoms with van der Waals surface area (Å²) >= 11 is 5.88. The van der Waals surface area contributed by atoms with E-state index < -0.39 is 5.97 Å². The summed E-state index contributed by atoms with van der Waals surface area (Å²) in [4.78, 5) is 14.7. The smallest absolute Gasteiger partial charge is 0.354 e. The Kier molecular flexibility index (Phi) is 4.18. The Balaban J connectivity index is 2.17. The van der Waals surface area contributed by atoms with Crippen LogP contribution in [0.4, 0.5) is 0 Å². The normalized spacial score (nSPS) is 9.80. The van der Waals surface area contributed by atoms with Crippen molar-refractivity contribution in [3.8, 4) is 11.8 Å². The number of hydrogen-bond acceptors (Lipinski definition) is 4. The van der Waals surface area contributed by atoms with Crippen LogP contribution in [-0.4, -0.2) is 16.1 Å². The van der Waals surface area contributed by atoms with Crippen LogP contribution < -0.4 is 4.74 Å². The van der Waals surface area contributed by atoms with E-state index in [4.69, 9.17) is 26.7 Å². The quantitative estimate of drug-likeness (QED) is 0.935. The highest BCUT2D eigenvalue weighted by Crippen LogP contribution is 2.25. The lowest BCUT2D eigenvalue weighted by Crippen LogP contribution is -2.05. The van der Waals surface area contributed by atoms with Gasteiger partial charge in [-0.15, -0.1) is 0 Å². The second-order valence-corrected chi connectivity index (χ2v) is 4.24. The molecule has 1 aromatic heterocycles. The van der Waals surface area contributed by atoms with E-state index in [2.05, 4.69) is 4.98 Å². The fourth-order valence-corrected chi connectivity index (χ4v) is 1.77. The molecule has 2 rings (SSSR count). The summed E-state index contributed by atoms with van der Waals surface area (Å²) in [6, 6.07) is 11.5. The molecule has 1 N–H and O–H groups in total. The molecule has 0 amide bonds. The van der Waals surface area contributed by atoms with Gasteiger partial charge in [0.2, 0.25) is 0 Å². The molecule has 20 heavy (non-hydrogen) atoms. The summed E-state index contributed by atoms with van der Waals surface area (Å²) in [5, 5.41) is 18.2. The summed E-state index contributed by atoms with van der Waals surface area (Å²) in [6.07, 6.45) is 0. The summed E-state index contributed by atoms with van der Waals surface area (Å²) in [6.45, 7) is 0.0517. The number of aromatic nitrogens is 1. The number of carbonyl (C=O) groups is 1. The van der Waals surface area contributed by atoms with E-state index in [9.17, 15) is 4.79 Å². The Hall–Kier alpha value is -2.58. The van der Waals surface area contributed by atoms with E-state index in [-0.39, 0.29) is 17.9 Å². The number of rotatable bonds is 4. The first-order valence-corrected chi connectivity index (χ1v) is 6.00. The number of nitrogens with zero attached hydrogens (tertiary/aromatic N) is 2. The molecule has 0 spiro atoms. The maximum absolute atomic E-state index is 10.8. The molecule has 0 atom stereocenters. The number of halogens is 1. The first kappa shape index (κ1) is 13.8. The van der Waals surface area contributed by atoms with Crippen molar-refractivity contribution in [1.82, 2.24) is 4.98 Å². The van der Waals surface area contributed by atoms with E-state index in [0.717, 1.165) is 0 Å². The Morgan fingerprint density at radius 3 is 2.80 bits per heavy atom. The Morgan fingerprint density at radius 2 is 2.10 bits per heavy atom. The third-order valence-electron chi connectivity index (χ3n) is 2.49. The van der Waals surface area contributed by atoms with E-state index in [1.54, 1.807) is 30.3 Å². The molecular weight excluding hydrogens is 280 g/mol. The summed E-state index contributed by atoms with van der Waals surface area (Å²) in [5.74, 6) is -0.769. The maximum atomic E-state index is 10.8. The number of pyridine rings is 1. The van der Waals surface area contributed by atoms with Crippen LogP contribution in [0.25, 0.3) is 0 Å². The fraction of sp³-hybridized carbons (Fsp3) is 0.0714. The average molecular weight is 289 g/mol. The Morgan fingerprint density at radius 1 is 1.35 bits per heavy atom. The number of carboxylic acids is 1. The minimum atomic E-state index is -1.10. The van der Waals surface area contributed by atoms with Gasteiger partial charge in [0.1, 0.15) is 29.7 Å². The molecule has 0 aliphatic rings. The van der Waals surface area contributed by atoms with Crippen LogP contribution >= 0.6 is 11.6 Å². The largest absolute Gasteiger partial charge is 0.486 e. The van der Waals surface area contributed by atoms with Crippen LogP contribution in [0.1, 0.15) is 21.7 Å². The van der Waals surface area contributed by atoms with Crippen molar-refractivity contribution in [1.29, 1.82) is 5.26 Å². The van der Waals surface area contributed by atoms with Gasteiger partial charge in [0.05, 0.1) is 10.7 Å². The predicted octanol–water partition coefficient (Wildman–Crippen LogP) is 2.88. The number of benzene rings is 1. The minimum absolute atomic E-state index is 0.0517. The van der Waals surface area contributed by atoms with Crippen molar-refractivity contribution in [2.45, 2.75) is 6.61 Å². The molecule has 1 aromatic carbocycles. The second-order valence-electron chi connectivity index (χ2n) is 3.83. The number of aromatic carboxylic acids is 1. The van der Waals surface area contributed by atoms with Crippen molar-refractivity contribution in [3.63, 3.8) is 0 Å². The van der Waals surface area contributed by atoms with Crippen molar-refractivity contribution in [3.05, 3.63) is 58.4 Å². The molecule has 100 valence electrons. The molecule has 0 radical (unpaired) electrons. The van der Waals surface area contributed by atoms with Crippen molar-refractivity contribution < 1.29 is 14.6 Å². The Bertz CT molecular complexity index is 695. The van der Waals surface area contributed by atoms with Gasteiger partial charge < -0.3 is 9.84 Å². The van der Waals surface area contributed by atoms with Crippen molar-refractivity contribution in [2.75, 3.05) is 0 Å². The van der Waals surface area contributed by atoms with Gasteiger partial charge in [-0.2, -0.15) is 5.26 Å². The third-order valence-corrected chi connectivity index (χ3v) is 2.80. The van der Waals surface area contributed by atoms with Gasteiger partial charge in [-0.05, 0) is 24.3 Å². The zero-order valence-corrected chi connectivity index (χ0v) is 11.0. The van der Waals surface area contributed by atoms with Crippen LogP contribution in [0.2, 0.25) is 5.02 Å². The molecule has 1 heterocycles. The fourth-order valence-electron chi connectivity index (χ4n) is 1.56. The number of hydrogen-bond donors (Lipinski definition) is 1. The van der Waals surface area contributed by atoms with Gasteiger partial charge in [0, 0.05) is 0 Å². The zero-order chi connectivity index (χ0) is 14.5. The summed E-state index contributed by atoms with van der Waals surface area (Å²) < 4.78 is 5.47. The van der Waals surface area contributed by atoms with Gasteiger partial charge >= 0.3 is 5.97 Å². The highest BCUT2D eigenvalue weighted by molar-refractivity contribution is 6.31. The van der Waals surface area contributed by atoms with E-state index in [1.807, 2.05) is 6.07 Å². The van der Waals surface area contributed by atoms with Crippen LogP contribution in [0.5, 0.6) is 5.75 Å². The van der Waals surface area contributed by atoms with Crippen molar-refractivity contribution >= 4 is 17.6 Å². The van der Waals surface area contributed by atoms with Crippen molar-refractivity contribution in [2.24, 2.45) is 0 Å². The van der Waals surface area contributed by atoms with Crippen LogP contribution in [0, 0.1) is 11.3 Å². The first-order chi connectivity index (χ1) is 9.61. The predicted molar refractivity (Wildman–Crippen MR) is 71.7 cm³/mol. The summed E-state index contributed by atoms with van der Waals surface area (Å²) in [5.41, 5.74) is 0.634. The van der Waals surface area contributed by atoms with E-state index >= 15 is 0 Å². The highest BCUT2D eigenvalue weighted by atomic mass is 35.5. The van der Waals surface area contributed by atoms with Crippen LogP contribution in [0.3, 0.4) is 0 Å². The SMILES string of the molecule is N#Cc1c(Cl)cccc1OCc1cccc(C(=O)O)n1. The molecule has 0 unspecified atom stereocenters. The molecule has 0 saturated carbocycles. The number of carboxylic acid groups (broad SMARTS) is 1. The Labute approximate surface area is 120 Å². The molecule has 5 nitrogen and oxygen atoms in total. The molecule has 2 aromatic rings. The maximum Gasteiger partial charge on any atom is 0.354 e. The van der Waals surface area contributed by atoms with E-state index in [0.29, 0.717) is 16.5 Å². The van der Waals surface area contributed by atoms with Gasteiger partial charge in [-0.25, -0.2) is 9.78 Å². The lowest BCUT2D eigenvalue weighted by Gasteiger charge is -2.08. The van der Waals surface area contributed by atoms with Crippen LogP contribution in [0.15, 0.2) is 36.4 Å². The standard InChI is InChI=1S/C14H9ClN2O3/c15-11-4-2-6-13(10(11)7-16)20-8-9-3-1-5-12(17-9)14(18)19/h1-6H,8H2,(H,18,19). The van der Waals surface area contributed by atoms with Gasteiger partial charge in [0.25, 0.3) is 0 Å². The van der Waals surface area contributed by atoms with Gasteiger partial charge in [-0.1, -0.05) is 23.7 Å². The first-order valence-electron chi connectivity index (χ1n) is 5.62. The number of ether oxygens (including phenoxy) is 1. The van der Waals surface area contributed by atoms with Crippen LogP contribution in [-0.2, 0) is 6.61 Å². The second kappa shape index (κ2) is 6.04. The third kappa shape index (κ3) is 3.05. The molecular formula is C14H9ClN2O3. The molecule has 0 bridgehead atoms. The lowest BCUT2D eigenvalue weighted by atomic mass is 10.2. The monoisotopic (exact) mass is 288 g/mol. The summed E-state index contributed by atoms with van der Waals surface area (Å²) in [7, 11) is 0. The molecule has 0 saturated heterocycles. The molecule has 0 aliphatic carbocycles. The lowest BCUT2D eigenvalue weighted by molar-refractivity contribution is 0.0690. The van der Waals surface area contributed by atoms with E-state index in [1.165, 1.54) is 6.07 Å². The van der Waals surface area contributed by atoms with Gasteiger partial charge in [-0.3, -0.25) is 0 Å².